The average Bonchev–Trinajstić information content (AvgIpc) is 3.20. The van der Waals surface area contributed by atoms with Crippen LogP contribution >= 0.6 is 11.9 Å². The van der Waals surface area contributed by atoms with Gasteiger partial charge in [-0.1, -0.05) is 11.9 Å². The topological polar surface area (TPSA) is 57.3 Å². The second kappa shape index (κ2) is 7.13. The number of nitrogens with zero attached hydrogens (tertiary/aromatic N) is 4. The Morgan fingerprint density at radius 1 is 1.32 bits per heavy atom. The number of hydrogen-bond acceptors (Lipinski definition) is 6. The lowest BCUT2D eigenvalue weighted by Crippen LogP contribution is -2.44. The summed E-state index contributed by atoms with van der Waals surface area (Å²) in [6, 6.07) is 3.21. The van der Waals surface area contributed by atoms with Crippen molar-refractivity contribution in [3.8, 4) is 0 Å². The van der Waals surface area contributed by atoms with Gasteiger partial charge < -0.3 is 14.6 Å². The van der Waals surface area contributed by atoms with Crippen LogP contribution in [-0.2, 0) is 4.74 Å². The molecule has 0 spiro atoms. The Labute approximate surface area is 153 Å². The first-order valence-corrected chi connectivity index (χ1v) is 10.1. The number of ether oxygens (including phenoxy) is 1. The van der Waals surface area contributed by atoms with Crippen LogP contribution in [0.3, 0.4) is 0 Å². The van der Waals surface area contributed by atoms with Gasteiger partial charge in [-0.15, -0.1) is 0 Å². The van der Waals surface area contributed by atoms with Gasteiger partial charge in [0.1, 0.15) is 17.8 Å². The van der Waals surface area contributed by atoms with Crippen molar-refractivity contribution >= 4 is 28.8 Å². The second-order valence-electron chi connectivity index (χ2n) is 7.31. The smallest absolute Gasteiger partial charge is 0.142 e. The molecular weight excluding hydrogens is 334 g/mol. The van der Waals surface area contributed by atoms with Crippen molar-refractivity contribution in [1.29, 1.82) is 0 Å². The molecule has 7 heteroatoms. The summed E-state index contributed by atoms with van der Waals surface area (Å²) in [5.74, 6) is 3.03. The van der Waals surface area contributed by atoms with Gasteiger partial charge in [-0.25, -0.2) is 14.3 Å². The number of likely N-dealkylation sites (N-methyl/N-ethyl adjacent to an activating group) is 1. The number of aromatic amines is 1. The van der Waals surface area contributed by atoms with Gasteiger partial charge in [-0.05, 0) is 45.2 Å². The quantitative estimate of drug-likeness (QED) is 0.799. The number of hydrogen-bond donors (Lipinski definition) is 1. The standard InChI is InChI=1S/C18H27N5OS/c1-12-16(5-7-24-12)23(3)25-10-13-8-14(9-13)22(2)18-15-4-6-19-17(15)20-11-21-18/h4,6,11-14,16H,5,7-10H2,1-3H3,(H,19,20,21). The van der Waals surface area contributed by atoms with Crippen molar-refractivity contribution in [2.24, 2.45) is 5.92 Å². The molecule has 2 unspecified atom stereocenters. The summed E-state index contributed by atoms with van der Waals surface area (Å²) in [5.41, 5.74) is 0.915. The molecule has 4 rings (SSSR count). The summed E-state index contributed by atoms with van der Waals surface area (Å²) in [6.45, 7) is 3.09. The first kappa shape index (κ1) is 17.1. The molecular formula is C18H27N5OS. The number of anilines is 1. The van der Waals surface area contributed by atoms with Crippen LogP contribution in [0, 0.1) is 5.92 Å². The zero-order chi connectivity index (χ0) is 17.4. The van der Waals surface area contributed by atoms with Gasteiger partial charge in [0.05, 0.1) is 11.5 Å². The first-order valence-electron chi connectivity index (χ1n) is 9.11. The number of aromatic nitrogens is 3. The Bertz CT molecular complexity index is 716. The minimum absolute atomic E-state index is 0.360. The van der Waals surface area contributed by atoms with Crippen molar-refractivity contribution < 1.29 is 4.74 Å². The largest absolute Gasteiger partial charge is 0.377 e. The molecule has 6 nitrogen and oxygen atoms in total. The molecule has 1 saturated heterocycles. The monoisotopic (exact) mass is 361 g/mol. The lowest BCUT2D eigenvalue weighted by Gasteiger charge is -2.42. The summed E-state index contributed by atoms with van der Waals surface area (Å²) in [6.07, 6.45) is 7.57. The first-order chi connectivity index (χ1) is 12.1. The third-order valence-corrected chi connectivity index (χ3v) is 7.04. The van der Waals surface area contributed by atoms with Crippen molar-refractivity contribution in [1.82, 2.24) is 19.3 Å². The van der Waals surface area contributed by atoms with Crippen molar-refractivity contribution in [3.63, 3.8) is 0 Å². The number of nitrogens with one attached hydrogen (secondary N) is 1. The van der Waals surface area contributed by atoms with E-state index in [4.69, 9.17) is 4.74 Å². The minimum atomic E-state index is 0.360. The summed E-state index contributed by atoms with van der Waals surface area (Å²) < 4.78 is 8.10. The van der Waals surface area contributed by atoms with E-state index in [9.17, 15) is 0 Å². The highest BCUT2D eigenvalue weighted by atomic mass is 32.2. The van der Waals surface area contributed by atoms with Crippen LogP contribution < -0.4 is 4.90 Å². The SMILES string of the molecule is CC1OCCC1N(C)SCC1CC(N(C)c2ncnc3[nH]ccc23)C1. The van der Waals surface area contributed by atoms with E-state index < -0.39 is 0 Å². The number of rotatable bonds is 6. The molecule has 1 aliphatic heterocycles. The van der Waals surface area contributed by atoms with Gasteiger partial charge in [-0.2, -0.15) is 0 Å². The molecule has 2 aromatic rings. The molecule has 25 heavy (non-hydrogen) atoms. The third kappa shape index (κ3) is 3.37. The average molecular weight is 362 g/mol. The Kier molecular flexibility index (Phi) is 4.88. The minimum Gasteiger partial charge on any atom is -0.377 e. The normalized spacial score (nSPS) is 29.3. The Morgan fingerprint density at radius 3 is 2.92 bits per heavy atom. The molecule has 1 saturated carbocycles. The summed E-state index contributed by atoms with van der Waals surface area (Å²) >= 11 is 1.98. The number of fused-ring (bicyclic) bond motifs is 1. The van der Waals surface area contributed by atoms with Crippen LogP contribution in [0.2, 0.25) is 0 Å². The Hall–Kier alpha value is -1.31. The van der Waals surface area contributed by atoms with Crippen molar-refractivity contribution in [2.75, 3.05) is 31.4 Å². The van der Waals surface area contributed by atoms with Crippen molar-refractivity contribution in [2.45, 2.75) is 44.4 Å². The van der Waals surface area contributed by atoms with E-state index >= 15 is 0 Å². The molecule has 0 bridgehead atoms. The van der Waals surface area contributed by atoms with Crippen LogP contribution in [-0.4, -0.2) is 63.9 Å². The van der Waals surface area contributed by atoms with Crippen molar-refractivity contribution in [3.05, 3.63) is 18.6 Å². The highest BCUT2D eigenvalue weighted by Gasteiger charge is 2.35. The fraction of sp³-hybridized carbons (Fsp3) is 0.667. The molecule has 1 aliphatic carbocycles. The molecule has 0 aromatic carbocycles. The van der Waals surface area contributed by atoms with Crippen LogP contribution in [0.15, 0.2) is 18.6 Å². The zero-order valence-corrected chi connectivity index (χ0v) is 16.0. The van der Waals surface area contributed by atoms with Gasteiger partial charge in [0, 0.05) is 37.7 Å². The van der Waals surface area contributed by atoms with Gasteiger partial charge in [0.25, 0.3) is 0 Å². The molecule has 0 radical (unpaired) electrons. The molecule has 2 fully saturated rings. The maximum atomic E-state index is 5.68. The predicted octanol–water partition coefficient (Wildman–Crippen LogP) is 2.93. The fourth-order valence-corrected chi connectivity index (χ4v) is 5.17. The zero-order valence-electron chi connectivity index (χ0n) is 15.2. The molecule has 3 heterocycles. The molecule has 2 atom stereocenters. The lowest BCUT2D eigenvalue weighted by atomic mass is 9.81. The van der Waals surface area contributed by atoms with Crippen LogP contribution in [0.1, 0.15) is 26.2 Å². The van der Waals surface area contributed by atoms with E-state index in [0.717, 1.165) is 35.8 Å². The van der Waals surface area contributed by atoms with Gasteiger partial charge in [0.2, 0.25) is 0 Å². The van der Waals surface area contributed by atoms with E-state index in [0.29, 0.717) is 18.2 Å². The Morgan fingerprint density at radius 2 is 2.16 bits per heavy atom. The van der Waals surface area contributed by atoms with Gasteiger partial charge in [0.15, 0.2) is 0 Å². The summed E-state index contributed by atoms with van der Waals surface area (Å²) in [5, 5.41) is 1.11. The van der Waals surface area contributed by atoms with E-state index in [-0.39, 0.29) is 0 Å². The van der Waals surface area contributed by atoms with Gasteiger partial charge >= 0.3 is 0 Å². The van der Waals surface area contributed by atoms with E-state index in [1.807, 2.05) is 18.1 Å². The maximum Gasteiger partial charge on any atom is 0.142 e. The predicted molar refractivity (Wildman–Crippen MR) is 103 cm³/mol. The lowest BCUT2D eigenvalue weighted by molar-refractivity contribution is 0.104. The second-order valence-corrected chi connectivity index (χ2v) is 8.48. The summed E-state index contributed by atoms with van der Waals surface area (Å²) in [7, 11) is 4.37. The summed E-state index contributed by atoms with van der Waals surface area (Å²) in [4.78, 5) is 14.3. The third-order valence-electron chi connectivity index (χ3n) is 5.74. The highest BCUT2D eigenvalue weighted by molar-refractivity contribution is 7.97. The highest BCUT2D eigenvalue weighted by Crippen LogP contribution is 2.37. The molecule has 2 aliphatic rings. The van der Waals surface area contributed by atoms with E-state index in [2.05, 4.69) is 51.2 Å². The maximum absolute atomic E-state index is 5.68. The van der Waals surface area contributed by atoms with Crippen LogP contribution in [0.25, 0.3) is 11.0 Å². The molecule has 2 aromatic heterocycles. The molecule has 1 N–H and O–H groups in total. The fourth-order valence-electron chi connectivity index (χ4n) is 3.98. The molecule has 0 amide bonds. The number of H-pyrrole nitrogens is 1. The van der Waals surface area contributed by atoms with E-state index in [1.54, 1.807) is 6.33 Å². The van der Waals surface area contributed by atoms with Crippen LogP contribution in [0.4, 0.5) is 5.82 Å². The Balaban J connectivity index is 1.28. The van der Waals surface area contributed by atoms with Crippen LogP contribution in [0.5, 0.6) is 0 Å². The molecule has 136 valence electrons. The van der Waals surface area contributed by atoms with Gasteiger partial charge in [-0.3, -0.25) is 0 Å². The van der Waals surface area contributed by atoms with E-state index in [1.165, 1.54) is 18.6 Å².